The van der Waals surface area contributed by atoms with Crippen LogP contribution in [-0.4, -0.2) is 18.9 Å². The van der Waals surface area contributed by atoms with Crippen LogP contribution in [0.5, 0.6) is 0 Å². The molecule has 0 fully saturated rings. The maximum atomic E-state index is 11.7. The maximum absolute atomic E-state index is 11.7. The Morgan fingerprint density at radius 2 is 1.43 bits per heavy atom. The third-order valence-corrected chi connectivity index (χ3v) is 4.07. The van der Waals surface area contributed by atoms with Gasteiger partial charge in [0.2, 0.25) is 0 Å². The van der Waals surface area contributed by atoms with E-state index < -0.39 is 0 Å². The van der Waals surface area contributed by atoms with Crippen LogP contribution in [0.15, 0.2) is 60.7 Å². The second-order valence-corrected chi connectivity index (χ2v) is 5.64. The van der Waals surface area contributed by atoms with Gasteiger partial charge >= 0.3 is 0 Å². The lowest BCUT2D eigenvalue weighted by atomic mass is 9.98. The molecule has 0 aliphatic carbocycles. The summed E-state index contributed by atoms with van der Waals surface area (Å²) in [4.78, 5) is 11.7. The lowest BCUT2D eigenvalue weighted by Gasteiger charge is -2.07. The number of carbonyl (C=O) groups excluding carboxylic acids is 1. The van der Waals surface area contributed by atoms with Gasteiger partial charge in [0.15, 0.2) is 5.78 Å². The number of benzene rings is 3. The van der Waals surface area contributed by atoms with E-state index in [2.05, 4.69) is 36.4 Å². The molecule has 3 rings (SSSR count). The molecule has 0 unspecified atom stereocenters. The fourth-order valence-corrected chi connectivity index (χ4v) is 2.75. The lowest BCUT2D eigenvalue weighted by Crippen LogP contribution is -2.13. The number of nitrogens with two attached hydrogens (primary N) is 2. The van der Waals surface area contributed by atoms with Gasteiger partial charge in [0.1, 0.15) is 0 Å². The fraction of sp³-hybridized carbons (Fsp3) is 0.150. The molecule has 0 saturated carbocycles. The van der Waals surface area contributed by atoms with Crippen LogP contribution < -0.4 is 11.5 Å². The second kappa shape index (κ2) is 6.73. The van der Waals surface area contributed by atoms with Crippen LogP contribution in [0.1, 0.15) is 15.9 Å². The van der Waals surface area contributed by atoms with Gasteiger partial charge in [0, 0.05) is 5.56 Å². The molecule has 0 atom stereocenters. The molecule has 3 nitrogen and oxygen atoms in total. The monoisotopic (exact) mass is 304 g/mol. The van der Waals surface area contributed by atoms with E-state index in [1.165, 1.54) is 11.1 Å². The van der Waals surface area contributed by atoms with E-state index in [1.807, 2.05) is 24.3 Å². The van der Waals surface area contributed by atoms with E-state index in [0.717, 1.165) is 22.8 Å². The van der Waals surface area contributed by atoms with E-state index in [9.17, 15) is 4.79 Å². The fourth-order valence-electron chi connectivity index (χ4n) is 2.75. The van der Waals surface area contributed by atoms with Crippen LogP contribution in [0.4, 0.5) is 0 Å². The third-order valence-electron chi connectivity index (χ3n) is 4.07. The van der Waals surface area contributed by atoms with Crippen molar-refractivity contribution in [2.45, 2.75) is 6.42 Å². The molecule has 23 heavy (non-hydrogen) atoms. The Labute approximate surface area is 135 Å². The SMILES string of the molecule is NCCc1ccc(-c2ccc3cc(C(=O)CN)ccc3c2)cc1. The van der Waals surface area contributed by atoms with Crippen molar-refractivity contribution in [1.29, 1.82) is 0 Å². The number of hydrogen-bond donors (Lipinski definition) is 2. The normalized spacial score (nSPS) is 10.9. The topological polar surface area (TPSA) is 69.1 Å². The highest BCUT2D eigenvalue weighted by Gasteiger charge is 2.05. The molecular weight excluding hydrogens is 284 g/mol. The minimum atomic E-state index is -0.0357. The van der Waals surface area contributed by atoms with Crippen molar-refractivity contribution >= 4 is 16.6 Å². The maximum Gasteiger partial charge on any atom is 0.176 e. The van der Waals surface area contributed by atoms with Gasteiger partial charge in [-0.2, -0.15) is 0 Å². The second-order valence-electron chi connectivity index (χ2n) is 5.64. The number of carbonyl (C=O) groups is 1. The van der Waals surface area contributed by atoms with Gasteiger partial charge in [-0.1, -0.05) is 48.5 Å². The number of hydrogen-bond acceptors (Lipinski definition) is 3. The van der Waals surface area contributed by atoms with Crippen molar-refractivity contribution in [1.82, 2.24) is 0 Å². The largest absolute Gasteiger partial charge is 0.330 e. The molecule has 3 aromatic rings. The minimum absolute atomic E-state index is 0.0357. The summed E-state index contributed by atoms with van der Waals surface area (Å²) in [6.45, 7) is 0.706. The Morgan fingerprint density at radius 1 is 0.783 bits per heavy atom. The number of Topliss-reactive ketones (excluding diaryl/α,β-unsaturated/α-hetero) is 1. The van der Waals surface area contributed by atoms with E-state index in [0.29, 0.717) is 12.1 Å². The molecule has 3 heteroatoms. The average molecular weight is 304 g/mol. The molecule has 0 amide bonds. The summed E-state index contributed by atoms with van der Waals surface area (Å²) >= 11 is 0. The van der Waals surface area contributed by atoms with Crippen molar-refractivity contribution in [3.63, 3.8) is 0 Å². The van der Waals surface area contributed by atoms with Crippen molar-refractivity contribution in [3.8, 4) is 11.1 Å². The molecule has 0 aliphatic heterocycles. The molecule has 0 radical (unpaired) electrons. The Hall–Kier alpha value is -2.49. The number of ketones is 1. The zero-order valence-electron chi connectivity index (χ0n) is 13.0. The quantitative estimate of drug-likeness (QED) is 0.711. The zero-order chi connectivity index (χ0) is 16.2. The first-order valence-electron chi connectivity index (χ1n) is 7.78. The molecule has 4 N–H and O–H groups in total. The summed E-state index contributed by atoms with van der Waals surface area (Å²) in [6.07, 6.45) is 0.899. The van der Waals surface area contributed by atoms with Gasteiger partial charge in [-0.25, -0.2) is 0 Å². The average Bonchev–Trinajstić information content (AvgIpc) is 2.61. The first kappa shape index (κ1) is 15.4. The predicted octanol–water partition coefficient (Wildman–Crippen LogP) is 3.15. The van der Waals surface area contributed by atoms with E-state index in [1.54, 1.807) is 0 Å². The van der Waals surface area contributed by atoms with Crippen LogP contribution >= 0.6 is 0 Å². The van der Waals surface area contributed by atoms with Crippen molar-refractivity contribution in [2.75, 3.05) is 13.1 Å². The predicted molar refractivity (Wildman–Crippen MR) is 95.5 cm³/mol. The smallest absolute Gasteiger partial charge is 0.176 e. The highest BCUT2D eigenvalue weighted by molar-refractivity contribution is 6.01. The summed E-state index contributed by atoms with van der Waals surface area (Å²) in [5, 5.41) is 2.16. The Balaban J connectivity index is 1.95. The van der Waals surface area contributed by atoms with Crippen molar-refractivity contribution in [3.05, 3.63) is 71.8 Å². The summed E-state index contributed by atoms with van der Waals surface area (Å²) in [5.41, 5.74) is 15.3. The molecule has 0 saturated heterocycles. The van der Waals surface area contributed by atoms with Gasteiger partial charge in [-0.05, 0) is 52.6 Å². The molecule has 116 valence electrons. The summed E-state index contributed by atoms with van der Waals surface area (Å²) in [6, 6.07) is 20.5. The Kier molecular flexibility index (Phi) is 4.51. The third kappa shape index (κ3) is 3.31. The van der Waals surface area contributed by atoms with E-state index in [-0.39, 0.29) is 12.3 Å². The van der Waals surface area contributed by atoms with Crippen LogP contribution in [0, 0.1) is 0 Å². The number of rotatable bonds is 5. The van der Waals surface area contributed by atoms with Crippen molar-refractivity contribution < 1.29 is 4.79 Å². The van der Waals surface area contributed by atoms with Crippen molar-refractivity contribution in [2.24, 2.45) is 11.5 Å². The van der Waals surface area contributed by atoms with Gasteiger partial charge in [-0.3, -0.25) is 4.79 Å². The summed E-state index contributed by atoms with van der Waals surface area (Å²) in [5.74, 6) is -0.0357. The molecule has 0 bridgehead atoms. The summed E-state index contributed by atoms with van der Waals surface area (Å²) < 4.78 is 0. The molecule has 0 heterocycles. The molecule has 0 spiro atoms. The molecule has 0 aliphatic rings. The highest BCUT2D eigenvalue weighted by atomic mass is 16.1. The van der Waals surface area contributed by atoms with E-state index in [4.69, 9.17) is 11.5 Å². The highest BCUT2D eigenvalue weighted by Crippen LogP contribution is 2.25. The first-order valence-corrected chi connectivity index (χ1v) is 7.78. The van der Waals surface area contributed by atoms with Crippen LogP contribution in [-0.2, 0) is 6.42 Å². The van der Waals surface area contributed by atoms with Gasteiger partial charge < -0.3 is 11.5 Å². The lowest BCUT2D eigenvalue weighted by molar-refractivity contribution is 0.100. The molecular formula is C20H20N2O. The van der Waals surface area contributed by atoms with Crippen LogP contribution in [0.2, 0.25) is 0 Å². The van der Waals surface area contributed by atoms with E-state index >= 15 is 0 Å². The first-order chi connectivity index (χ1) is 11.2. The van der Waals surface area contributed by atoms with Gasteiger partial charge in [0.05, 0.1) is 6.54 Å². The Morgan fingerprint density at radius 3 is 2.13 bits per heavy atom. The zero-order valence-corrected chi connectivity index (χ0v) is 13.0. The Bertz CT molecular complexity index is 838. The minimum Gasteiger partial charge on any atom is -0.330 e. The van der Waals surface area contributed by atoms with Gasteiger partial charge in [-0.15, -0.1) is 0 Å². The van der Waals surface area contributed by atoms with Gasteiger partial charge in [0.25, 0.3) is 0 Å². The summed E-state index contributed by atoms with van der Waals surface area (Å²) in [7, 11) is 0. The van der Waals surface area contributed by atoms with Crippen LogP contribution in [0.3, 0.4) is 0 Å². The standard InChI is InChI=1S/C20H20N2O/c21-10-9-14-1-3-15(4-2-14)16-5-6-18-12-19(20(23)13-22)8-7-17(18)11-16/h1-8,11-12H,9-10,13,21-22H2. The molecule has 0 aromatic heterocycles. The number of fused-ring (bicyclic) bond motifs is 1. The molecule has 3 aromatic carbocycles. The van der Waals surface area contributed by atoms with Crippen LogP contribution in [0.25, 0.3) is 21.9 Å².